The van der Waals surface area contributed by atoms with Gasteiger partial charge in [-0.05, 0) is 18.4 Å². The Kier molecular flexibility index (Phi) is 4.34. The predicted molar refractivity (Wildman–Crippen MR) is 70.2 cm³/mol. The molecule has 0 spiro atoms. The molecule has 0 unspecified atom stereocenters. The minimum atomic E-state index is -0.826. The fourth-order valence-electron chi connectivity index (χ4n) is 1.27. The van der Waals surface area contributed by atoms with Gasteiger partial charge in [-0.3, -0.25) is 0 Å². The Morgan fingerprint density at radius 2 is 2.16 bits per heavy atom. The average Bonchev–Trinajstić information content (AvgIpc) is 2.42. The molecular formula is C12H8ClFN2O2S. The monoisotopic (exact) mass is 298 g/mol. The first kappa shape index (κ1) is 13.8. The SMILES string of the molecule is CSc1ncc(Cl)c(C(=O)Oc2ccccc2F)n1. The summed E-state index contributed by atoms with van der Waals surface area (Å²) in [4.78, 5) is 19.7. The van der Waals surface area contributed by atoms with Gasteiger partial charge in [0.05, 0.1) is 11.2 Å². The molecule has 98 valence electrons. The Bertz CT molecular complexity index is 624. The molecule has 0 saturated heterocycles. The van der Waals surface area contributed by atoms with Crippen molar-refractivity contribution in [3.8, 4) is 5.75 Å². The summed E-state index contributed by atoms with van der Waals surface area (Å²) >= 11 is 7.08. The fraction of sp³-hybridized carbons (Fsp3) is 0.0833. The number of carbonyl (C=O) groups excluding carboxylic acids is 1. The molecule has 0 saturated carbocycles. The lowest BCUT2D eigenvalue weighted by molar-refractivity contribution is 0.0720. The quantitative estimate of drug-likeness (QED) is 0.377. The molecule has 0 bridgehead atoms. The zero-order valence-corrected chi connectivity index (χ0v) is 11.3. The summed E-state index contributed by atoms with van der Waals surface area (Å²) < 4.78 is 18.3. The maximum Gasteiger partial charge on any atom is 0.364 e. The summed E-state index contributed by atoms with van der Waals surface area (Å²) in [5.41, 5.74) is -0.0933. The molecule has 2 rings (SSSR count). The molecule has 0 amide bonds. The van der Waals surface area contributed by atoms with Crippen LogP contribution in [-0.4, -0.2) is 22.2 Å². The second kappa shape index (κ2) is 5.99. The molecular weight excluding hydrogens is 291 g/mol. The number of hydrogen-bond acceptors (Lipinski definition) is 5. The highest BCUT2D eigenvalue weighted by atomic mass is 35.5. The van der Waals surface area contributed by atoms with Crippen LogP contribution < -0.4 is 4.74 Å². The summed E-state index contributed by atoms with van der Waals surface area (Å²) in [5, 5.41) is 0.434. The Morgan fingerprint density at radius 1 is 1.42 bits per heavy atom. The Labute approximate surface area is 118 Å². The lowest BCUT2D eigenvalue weighted by atomic mass is 10.3. The molecule has 4 nitrogen and oxygen atoms in total. The minimum Gasteiger partial charge on any atom is -0.419 e. The largest absolute Gasteiger partial charge is 0.419 e. The number of nitrogens with zero attached hydrogens (tertiary/aromatic N) is 2. The Morgan fingerprint density at radius 3 is 2.84 bits per heavy atom. The normalized spacial score (nSPS) is 10.3. The van der Waals surface area contributed by atoms with Gasteiger partial charge < -0.3 is 4.74 Å². The summed E-state index contributed by atoms with van der Waals surface area (Å²) in [6.07, 6.45) is 3.06. The van der Waals surface area contributed by atoms with E-state index in [0.717, 1.165) is 0 Å². The highest BCUT2D eigenvalue weighted by Crippen LogP contribution is 2.21. The van der Waals surface area contributed by atoms with Crippen molar-refractivity contribution in [2.75, 3.05) is 6.26 Å². The molecule has 0 aliphatic carbocycles. The van der Waals surface area contributed by atoms with Gasteiger partial charge >= 0.3 is 5.97 Å². The molecule has 1 aromatic heterocycles. The molecule has 2 aromatic rings. The van der Waals surface area contributed by atoms with E-state index in [-0.39, 0.29) is 16.5 Å². The van der Waals surface area contributed by atoms with Gasteiger partial charge in [0.1, 0.15) is 0 Å². The highest BCUT2D eigenvalue weighted by Gasteiger charge is 2.17. The summed E-state index contributed by atoms with van der Waals surface area (Å²) in [5.74, 6) is -1.63. The second-order valence-corrected chi connectivity index (χ2v) is 4.55. The number of hydrogen-bond donors (Lipinski definition) is 0. The van der Waals surface area contributed by atoms with Crippen molar-refractivity contribution >= 4 is 29.3 Å². The van der Waals surface area contributed by atoms with Crippen molar-refractivity contribution in [3.63, 3.8) is 0 Å². The molecule has 0 radical (unpaired) electrons. The van der Waals surface area contributed by atoms with Gasteiger partial charge in [0.15, 0.2) is 22.4 Å². The molecule has 19 heavy (non-hydrogen) atoms. The van der Waals surface area contributed by atoms with Crippen LogP contribution in [0, 0.1) is 5.82 Å². The maximum atomic E-state index is 13.4. The number of esters is 1. The number of ether oxygens (including phenoxy) is 1. The van der Waals surface area contributed by atoms with Crippen LogP contribution in [0.25, 0.3) is 0 Å². The zero-order chi connectivity index (χ0) is 13.8. The fourth-order valence-corrected chi connectivity index (χ4v) is 1.78. The van der Waals surface area contributed by atoms with E-state index in [1.807, 2.05) is 0 Å². The number of benzene rings is 1. The van der Waals surface area contributed by atoms with Gasteiger partial charge in [0.2, 0.25) is 0 Å². The van der Waals surface area contributed by atoms with E-state index >= 15 is 0 Å². The summed E-state index contributed by atoms with van der Waals surface area (Å²) in [7, 11) is 0. The molecule has 0 N–H and O–H groups in total. The van der Waals surface area contributed by atoms with Crippen molar-refractivity contribution < 1.29 is 13.9 Å². The van der Waals surface area contributed by atoms with Crippen molar-refractivity contribution in [1.29, 1.82) is 0 Å². The lowest BCUT2D eigenvalue weighted by Crippen LogP contribution is -2.13. The number of aromatic nitrogens is 2. The predicted octanol–water partition coefficient (Wildman–Crippen LogP) is 3.21. The third-order valence-electron chi connectivity index (χ3n) is 2.14. The first-order valence-corrected chi connectivity index (χ1v) is 6.75. The van der Waals surface area contributed by atoms with E-state index < -0.39 is 11.8 Å². The van der Waals surface area contributed by atoms with Crippen LogP contribution in [0.2, 0.25) is 5.02 Å². The minimum absolute atomic E-state index is 0.0548. The summed E-state index contributed by atoms with van der Waals surface area (Å²) in [6, 6.07) is 5.59. The number of halogens is 2. The van der Waals surface area contributed by atoms with Gasteiger partial charge in [-0.2, -0.15) is 0 Å². The molecule has 0 aliphatic heterocycles. The van der Waals surface area contributed by atoms with E-state index in [1.54, 1.807) is 12.3 Å². The smallest absolute Gasteiger partial charge is 0.364 e. The van der Waals surface area contributed by atoms with Gasteiger partial charge in [0, 0.05) is 0 Å². The average molecular weight is 299 g/mol. The van der Waals surface area contributed by atoms with E-state index in [2.05, 4.69) is 9.97 Å². The van der Waals surface area contributed by atoms with Gasteiger partial charge in [-0.1, -0.05) is 35.5 Å². The molecule has 0 atom stereocenters. The first-order valence-electron chi connectivity index (χ1n) is 5.15. The first-order chi connectivity index (χ1) is 9.11. The zero-order valence-electron chi connectivity index (χ0n) is 9.76. The van der Waals surface area contributed by atoms with Crippen molar-refractivity contribution in [1.82, 2.24) is 9.97 Å². The molecule has 7 heteroatoms. The molecule has 1 aromatic carbocycles. The number of thioether (sulfide) groups is 1. The van der Waals surface area contributed by atoms with Crippen molar-refractivity contribution in [3.05, 3.63) is 47.0 Å². The van der Waals surface area contributed by atoms with Crippen LogP contribution in [0.4, 0.5) is 4.39 Å². The van der Waals surface area contributed by atoms with Gasteiger partial charge in [-0.25, -0.2) is 19.2 Å². The van der Waals surface area contributed by atoms with Crippen LogP contribution in [0.3, 0.4) is 0 Å². The topological polar surface area (TPSA) is 52.1 Å². The van der Waals surface area contributed by atoms with Crippen LogP contribution in [0.5, 0.6) is 5.75 Å². The third-order valence-corrected chi connectivity index (χ3v) is 2.98. The molecule has 0 aliphatic rings. The van der Waals surface area contributed by atoms with E-state index in [9.17, 15) is 9.18 Å². The molecule has 0 fully saturated rings. The van der Waals surface area contributed by atoms with Crippen LogP contribution in [-0.2, 0) is 0 Å². The summed E-state index contributed by atoms with van der Waals surface area (Å²) in [6.45, 7) is 0. The van der Waals surface area contributed by atoms with Crippen molar-refractivity contribution in [2.24, 2.45) is 0 Å². The molecule has 1 heterocycles. The van der Waals surface area contributed by atoms with E-state index in [1.165, 1.54) is 36.2 Å². The van der Waals surface area contributed by atoms with Crippen molar-refractivity contribution in [2.45, 2.75) is 5.16 Å². The number of rotatable bonds is 3. The second-order valence-electron chi connectivity index (χ2n) is 3.37. The van der Waals surface area contributed by atoms with Crippen LogP contribution in [0.15, 0.2) is 35.6 Å². The highest BCUT2D eigenvalue weighted by molar-refractivity contribution is 7.98. The third kappa shape index (κ3) is 3.21. The maximum absolute atomic E-state index is 13.4. The van der Waals surface area contributed by atoms with E-state index in [0.29, 0.717) is 5.16 Å². The Balaban J connectivity index is 2.28. The number of carbonyl (C=O) groups is 1. The van der Waals surface area contributed by atoms with Gasteiger partial charge in [0.25, 0.3) is 0 Å². The number of para-hydroxylation sites is 1. The van der Waals surface area contributed by atoms with Crippen LogP contribution in [0.1, 0.15) is 10.5 Å². The van der Waals surface area contributed by atoms with E-state index in [4.69, 9.17) is 16.3 Å². The Hall–Kier alpha value is -1.66. The van der Waals surface area contributed by atoms with Gasteiger partial charge in [-0.15, -0.1) is 0 Å². The van der Waals surface area contributed by atoms with Crippen LogP contribution >= 0.6 is 23.4 Å². The lowest BCUT2D eigenvalue weighted by Gasteiger charge is -2.06. The standard InChI is InChI=1S/C12H8ClFN2O2S/c1-19-12-15-6-7(13)10(16-12)11(17)18-9-5-3-2-4-8(9)14/h2-6H,1H3.